The summed E-state index contributed by atoms with van der Waals surface area (Å²) in [6.45, 7) is 8.44. The molecule has 0 spiro atoms. The lowest BCUT2D eigenvalue weighted by molar-refractivity contribution is 0.195. The van der Waals surface area contributed by atoms with Crippen molar-refractivity contribution in [3.63, 3.8) is 0 Å². The third kappa shape index (κ3) is 0.688. The lowest BCUT2D eigenvalue weighted by Gasteiger charge is -2.52. The van der Waals surface area contributed by atoms with Crippen LogP contribution in [0.5, 0.6) is 0 Å². The molecule has 3 unspecified atom stereocenters. The van der Waals surface area contributed by atoms with Crippen molar-refractivity contribution in [1.82, 2.24) is 0 Å². The molecule has 0 aromatic carbocycles. The van der Waals surface area contributed by atoms with Crippen LogP contribution in [0.15, 0.2) is 24.3 Å². The van der Waals surface area contributed by atoms with Gasteiger partial charge in [-0.05, 0) is 37.5 Å². The number of hydrogen-bond acceptors (Lipinski definition) is 0. The maximum absolute atomic E-state index is 4.23. The summed E-state index contributed by atoms with van der Waals surface area (Å²) in [6, 6.07) is 0. The summed E-state index contributed by atoms with van der Waals surface area (Å²) in [7, 11) is 0. The minimum absolute atomic E-state index is 0.686. The summed E-state index contributed by atoms with van der Waals surface area (Å²) in [6.07, 6.45) is 5.44. The van der Waals surface area contributed by atoms with Crippen LogP contribution in [-0.4, -0.2) is 0 Å². The van der Waals surface area contributed by atoms with E-state index in [0.717, 1.165) is 11.8 Å². The Morgan fingerprint density at radius 2 is 1.92 bits per heavy atom. The van der Waals surface area contributed by atoms with Crippen LogP contribution in [-0.2, 0) is 0 Å². The zero-order valence-corrected chi connectivity index (χ0v) is 7.47. The quantitative estimate of drug-likeness (QED) is 0.476. The van der Waals surface area contributed by atoms with Gasteiger partial charge in [0.1, 0.15) is 0 Å². The predicted molar refractivity (Wildman–Crippen MR) is 50.5 cm³/mol. The van der Waals surface area contributed by atoms with Gasteiger partial charge in [0.2, 0.25) is 0 Å². The van der Waals surface area contributed by atoms with Crippen molar-refractivity contribution in [3.05, 3.63) is 30.2 Å². The van der Waals surface area contributed by atoms with Gasteiger partial charge in [0.05, 0.1) is 0 Å². The lowest BCUT2D eigenvalue weighted by Crippen LogP contribution is -2.40. The maximum atomic E-state index is 4.23. The first kappa shape index (κ1) is 6.94. The van der Waals surface area contributed by atoms with E-state index in [1.54, 1.807) is 5.92 Å². The van der Waals surface area contributed by atoms with Crippen molar-refractivity contribution in [3.8, 4) is 0 Å². The van der Waals surface area contributed by atoms with Crippen molar-refractivity contribution < 1.29 is 0 Å². The molecule has 0 saturated heterocycles. The molecule has 0 aromatic rings. The summed E-state index contributed by atoms with van der Waals surface area (Å²) in [5.41, 5.74) is 2.94. The molecule has 1 radical (unpaired) electrons. The molecule has 0 aromatic heterocycles. The van der Waals surface area contributed by atoms with Gasteiger partial charge in [0.15, 0.2) is 0 Å². The van der Waals surface area contributed by atoms with Gasteiger partial charge in [-0.2, -0.15) is 0 Å². The molecule has 4 fully saturated rings. The van der Waals surface area contributed by atoms with E-state index < -0.39 is 0 Å². The van der Waals surface area contributed by atoms with Gasteiger partial charge in [-0.25, -0.2) is 0 Å². The Labute approximate surface area is 74.4 Å². The highest BCUT2D eigenvalue weighted by atomic mass is 14.5. The minimum atomic E-state index is 0.686. The highest BCUT2D eigenvalue weighted by Crippen LogP contribution is 2.58. The van der Waals surface area contributed by atoms with Crippen molar-refractivity contribution in [2.75, 3.05) is 0 Å². The third-order valence-corrected chi connectivity index (χ3v) is 4.06. The maximum Gasteiger partial charge on any atom is 0.00175 e. The molecule has 12 heavy (non-hydrogen) atoms. The Balaban J connectivity index is 2.03. The van der Waals surface area contributed by atoms with Gasteiger partial charge in [-0.3, -0.25) is 0 Å². The molecule has 0 amide bonds. The summed E-state index contributed by atoms with van der Waals surface area (Å²) in [5, 5.41) is 0. The second kappa shape index (κ2) is 2.04. The Morgan fingerprint density at radius 1 is 1.08 bits per heavy atom. The van der Waals surface area contributed by atoms with Gasteiger partial charge >= 0.3 is 0 Å². The topological polar surface area (TPSA) is 0 Å². The third-order valence-electron chi connectivity index (χ3n) is 4.06. The Bertz CT molecular complexity index is 237. The van der Waals surface area contributed by atoms with Crippen LogP contribution in [0.1, 0.15) is 25.7 Å². The zero-order valence-electron chi connectivity index (χ0n) is 7.47. The minimum Gasteiger partial charge on any atom is -0.0990 e. The molecular weight excluding hydrogens is 144 g/mol. The standard InChI is InChI=1S/C12H15/c1-7-10-3-9-4-11(6-10)8(2)12(7)5-9/h9-10,12H,1-6H2. The summed E-state index contributed by atoms with van der Waals surface area (Å²) < 4.78 is 0. The molecule has 0 heteroatoms. The highest BCUT2D eigenvalue weighted by Gasteiger charge is 2.46. The fourth-order valence-electron chi connectivity index (χ4n) is 3.40. The van der Waals surface area contributed by atoms with Crippen molar-refractivity contribution >= 4 is 0 Å². The van der Waals surface area contributed by atoms with Crippen LogP contribution in [0.4, 0.5) is 0 Å². The molecule has 0 nitrogen and oxygen atoms in total. The van der Waals surface area contributed by atoms with Crippen LogP contribution in [0.2, 0.25) is 0 Å². The molecule has 4 rings (SSSR count). The van der Waals surface area contributed by atoms with E-state index in [-0.39, 0.29) is 0 Å². The van der Waals surface area contributed by atoms with Crippen molar-refractivity contribution in [2.45, 2.75) is 25.7 Å². The van der Waals surface area contributed by atoms with E-state index in [0.29, 0.717) is 5.92 Å². The smallest absolute Gasteiger partial charge is 0.00175 e. The normalized spacial score (nSPS) is 45.8. The number of rotatable bonds is 0. The number of hydrogen-bond donors (Lipinski definition) is 0. The Kier molecular flexibility index (Phi) is 1.18. The molecule has 4 bridgehead atoms. The fourth-order valence-corrected chi connectivity index (χ4v) is 3.40. The van der Waals surface area contributed by atoms with Crippen LogP contribution < -0.4 is 0 Å². The van der Waals surface area contributed by atoms with E-state index in [1.165, 1.54) is 36.8 Å². The Hall–Kier alpha value is -0.520. The molecule has 0 aliphatic heterocycles. The molecular formula is C12H15. The first-order valence-electron chi connectivity index (χ1n) is 4.98. The van der Waals surface area contributed by atoms with E-state index in [1.807, 2.05) is 0 Å². The van der Waals surface area contributed by atoms with Crippen molar-refractivity contribution in [1.29, 1.82) is 0 Å². The summed E-state index contributed by atoms with van der Waals surface area (Å²) in [4.78, 5) is 0. The zero-order chi connectivity index (χ0) is 8.29. The van der Waals surface area contributed by atoms with Gasteiger partial charge in [-0.15, -0.1) is 0 Å². The molecule has 4 saturated carbocycles. The molecule has 3 atom stereocenters. The lowest BCUT2D eigenvalue weighted by atomic mass is 9.53. The Morgan fingerprint density at radius 3 is 2.75 bits per heavy atom. The fraction of sp³-hybridized carbons (Fsp3) is 0.583. The van der Waals surface area contributed by atoms with Gasteiger partial charge in [-0.1, -0.05) is 24.3 Å². The molecule has 63 valence electrons. The highest BCUT2D eigenvalue weighted by molar-refractivity contribution is 5.41. The van der Waals surface area contributed by atoms with E-state index >= 15 is 0 Å². The number of allylic oxidation sites excluding steroid dienone is 2. The molecule has 4 aliphatic rings. The first-order valence-corrected chi connectivity index (χ1v) is 4.98. The van der Waals surface area contributed by atoms with E-state index in [9.17, 15) is 0 Å². The van der Waals surface area contributed by atoms with Crippen LogP contribution in [0.25, 0.3) is 0 Å². The van der Waals surface area contributed by atoms with Crippen LogP contribution >= 0.6 is 0 Å². The monoisotopic (exact) mass is 159 g/mol. The van der Waals surface area contributed by atoms with E-state index in [4.69, 9.17) is 0 Å². The van der Waals surface area contributed by atoms with Gasteiger partial charge < -0.3 is 0 Å². The van der Waals surface area contributed by atoms with Gasteiger partial charge in [0, 0.05) is 11.8 Å². The van der Waals surface area contributed by atoms with E-state index in [2.05, 4.69) is 13.2 Å². The summed E-state index contributed by atoms with van der Waals surface area (Å²) >= 11 is 0. The SMILES string of the molecule is C=C1[C]2CC3CC(C2)C(=C)C1C3. The van der Waals surface area contributed by atoms with Crippen molar-refractivity contribution in [2.24, 2.45) is 17.8 Å². The van der Waals surface area contributed by atoms with Gasteiger partial charge in [0.25, 0.3) is 0 Å². The average molecular weight is 159 g/mol. The predicted octanol–water partition coefficient (Wildman–Crippen LogP) is 3.12. The second-order valence-electron chi connectivity index (χ2n) is 4.70. The molecule has 0 heterocycles. The second-order valence-corrected chi connectivity index (χ2v) is 4.70. The first-order chi connectivity index (χ1) is 5.75. The van der Waals surface area contributed by atoms with Crippen LogP contribution in [0.3, 0.4) is 0 Å². The summed E-state index contributed by atoms with van der Waals surface area (Å²) in [5.74, 6) is 4.19. The molecule has 0 N–H and O–H groups in total. The van der Waals surface area contributed by atoms with Crippen LogP contribution in [0, 0.1) is 23.7 Å². The largest absolute Gasteiger partial charge is 0.0990 e. The molecule has 4 aliphatic carbocycles. The average Bonchev–Trinajstić information content (AvgIpc) is 2.07.